The Morgan fingerprint density at radius 2 is 1.88 bits per heavy atom. The molecule has 0 saturated heterocycles. The van der Waals surface area contributed by atoms with Gasteiger partial charge in [-0.05, 0) is 44.6 Å². The number of nitro groups is 1. The third-order valence-electron chi connectivity index (χ3n) is 4.00. The minimum absolute atomic E-state index is 0.0609. The number of nitrogens with zero attached hydrogens (tertiary/aromatic N) is 3. The Bertz CT molecular complexity index is 557. The van der Waals surface area contributed by atoms with Crippen LogP contribution in [0.2, 0.25) is 0 Å². The first-order chi connectivity index (χ1) is 11.4. The predicted molar refractivity (Wildman–Crippen MR) is 96.8 cm³/mol. The fourth-order valence-corrected chi connectivity index (χ4v) is 2.49. The van der Waals surface area contributed by atoms with Crippen molar-refractivity contribution >= 4 is 17.3 Å². The molecule has 0 saturated carbocycles. The van der Waals surface area contributed by atoms with Gasteiger partial charge in [-0.2, -0.15) is 0 Å². The van der Waals surface area contributed by atoms with Gasteiger partial charge in [0.05, 0.1) is 4.92 Å². The van der Waals surface area contributed by atoms with Gasteiger partial charge in [0.15, 0.2) is 0 Å². The summed E-state index contributed by atoms with van der Waals surface area (Å²) in [5.74, 6) is -0.272. The summed E-state index contributed by atoms with van der Waals surface area (Å²) in [6, 6.07) is 4.56. The van der Waals surface area contributed by atoms with Gasteiger partial charge in [0.25, 0.3) is 11.6 Å². The van der Waals surface area contributed by atoms with Crippen LogP contribution in [0.4, 0.5) is 11.4 Å². The molecule has 0 aliphatic heterocycles. The minimum atomic E-state index is -0.462. The van der Waals surface area contributed by atoms with Gasteiger partial charge < -0.3 is 15.1 Å². The first-order valence-electron chi connectivity index (χ1n) is 8.37. The van der Waals surface area contributed by atoms with Crippen molar-refractivity contribution in [2.24, 2.45) is 0 Å². The molecule has 24 heavy (non-hydrogen) atoms. The number of anilines is 1. The molecule has 1 rings (SSSR count). The Hall–Kier alpha value is -2.15. The van der Waals surface area contributed by atoms with Crippen LogP contribution in [0.5, 0.6) is 0 Å². The largest absolute Gasteiger partial charge is 0.372 e. The summed E-state index contributed by atoms with van der Waals surface area (Å²) in [4.78, 5) is 26.9. The first-order valence-corrected chi connectivity index (χ1v) is 8.37. The topological polar surface area (TPSA) is 78.7 Å². The second kappa shape index (κ2) is 9.87. The second-order valence-corrected chi connectivity index (χ2v) is 5.84. The summed E-state index contributed by atoms with van der Waals surface area (Å²) in [7, 11) is 3.47. The quantitative estimate of drug-likeness (QED) is 0.403. The molecule has 7 nitrogen and oxygen atoms in total. The van der Waals surface area contributed by atoms with Gasteiger partial charge in [-0.15, -0.1) is 0 Å². The first kappa shape index (κ1) is 19.9. The lowest BCUT2D eigenvalue weighted by atomic mass is 10.1. The van der Waals surface area contributed by atoms with E-state index in [2.05, 4.69) is 24.1 Å². The van der Waals surface area contributed by atoms with Crippen LogP contribution in [-0.2, 0) is 0 Å². The summed E-state index contributed by atoms with van der Waals surface area (Å²) in [5.41, 5.74) is 0.737. The number of benzene rings is 1. The standard InChI is InChI=1S/C17H28N4O3/c1-5-20(6-2)12-8-7-11-18-17(22)14-9-10-15(19(3)4)16(13-14)21(23)24/h9-10,13H,5-8,11-12H2,1-4H3,(H,18,22). The number of carbonyl (C=O) groups excluding carboxylic acids is 1. The average molecular weight is 336 g/mol. The molecule has 0 unspecified atom stereocenters. The van der Waals surface area contributed by atoms with E-state index in [1.807, 2.05) is 0 Å². The maximum Gasteiger partial charge on any atom is 0.293 e. The maximum absolute atomic E-state index is 12.2. The van der Waals surface area contributed by atoms with Gasteiger partial charge in [-0.25, -0.2) is 0 Å². The molecular weight excluding hydrogens is 308 g/mol. The fraction of sp³-hybridized carbons (Fsp3) is 0.588. The smallest absolute Gasteiger partial charge is 0.293 e. The molecule has 0 fully saturated rings. The van der Waals surface area contributed by atoms with Crippen LogP contribution in [-0.4, -0.2) is 56.0 Å². The third-order valence-corrected chi connectivity index (χ3v) is 4.00. The van der Waals surface area contributed by atoms with Crippen LogP contribution in [0, 0.1) is 10.1 Å². The molecule has 0 atom stereocenters. The van der Waals surface area contributed by atoms with E-state index in [0.29, 0.717) is 17.8 Å². The maximum atomic E-state index is 12.2. The van der Waals surface area contributed by atoms with Gasteiger partial charge in [-0.1, -0.05) is 13.8 Å². The van der Waals surface area contributed by atoms with Gasteiger partial charge >= 0.3 is 0 Å². The lowest BCUT2D eigenvalue weighted by Gasteiger charge is -2.17. The Morgan fingerprint density at radius 3 is 2.42 bits per heavy atom. The molecule has 1 N–H and O–H groups in total. The van der Waals surface area contributed by atoms with Crippen LogP contribution in [0.1, 0.15) is 37.0 Å². The van der Waals surface area contributed by atoms with Crippen molar-refractivity contribution in [2.45, 2.75) is 26.7 Å². The zero-order chi connectivity index (χ0) is 18.1. The monoisotopic (exact) mass is 336 g/mol. The van der Waals surface area contributed by atoms with Gasteiger partial charge in [0.2, 0.25) is 0 Å². The van der Waals surface area contributed by atoms with E-state index in [0.717, 1.165) is 32.5 Å². The van der Waals surface area contributed by atoms with Gasteiger partial charge in [0.1, 0.15) is 5.69 Å². The number of rotatable bonds is 10. The highest BCUT2D eigenvalue weighted by Gasteiger charge is 2.18. The van der Waals surface area contributed by atoms with E-state index in [-0.39, 0.29) is 11.6 Å². The number of carbonyl (C=O) groups is 1. The van der Waals surface area contributed by atoms with Crippen molar-refractivity contribution in [3.8, 4) is 0 Å². The highest BCUT2D eigenvalue weighted by Crippen LogP contribution is 2.27. The van der Waals surface area contributed by atoms with Crippen LogP contribution < -0.4 is 10.2 Å². The number of hydrogen-bond acceptors (Lipinski definition) is 5. The van der Waals surface area contributed by atoms with E-state index in [1.165, 1.54) is 6.07 Å². The van der Waals surface area contributed by atoms with Crippen LogP contribution in [0.25, 0.3) is 0 Å². The number of hydrogen-bond donors (Lipinski definition) is 1. The second-order valence-electron chi connectivity index (χ2n) is 5.84. The summed E-state index contributed by atoms with van der Waals surface area (Å²) >= 11 is 0. The minimum Gasteiger partial charge on any atom is -0.372 e. The molecule has 134 valence electrons. The van der Waals surface area contributed by atoms with Crippen molar-refractivity contribution in [3.63, 3.8) is 0 Å². The lowest BCUT2D eigenvalue weighted by Crippen LogP contribution is -2.27. The summed E-state index contributed by atoms with van der Waals surface area (Å²) < 4.78 is 0. The zero-order valence-electron chi connectivity index (χ0n) is 15.0. The van der Waals surface area contributed by atoms with E-state index in [1.54, 1.807) is 31.1 Å². The Balaban J connectivity index is 2.56. The number of nitrogens with one attached hydrogen (secondary N) is 1. The van der Waals surface area contributed by atoms with Crippen molar-refractivity contribution in [2.75, 3.05) is 45.2 Å². The highest BCUT2D eigenvalue weighted by molar-refractivity contribution is 5.95. The molecule has 1 amide bonds. The lowest BCUT2D eigenvalue weighted by molar-refractivity contribution is -0.384. The summed E-state index contributed by atoms with van der Waals surface area (Å²) in [6.45, 7) is 7.93. The molecule has 1 aromatic rings. The summed E-state index contributed by atoms with van der Waals surface area (Å²) in [6.07, 6.45) is 1.90. The molecule has 0 radical (unpaired) electrons. The van der Waals surface area contributed by atoms with Crippen LogP contribution in [0.15, 0.2) is 18.2 Å². The van der Waals surface area contributed by atoms with Crippen LogP contribution in [0.3, 0.4) is 0 Å². The highest BCUT2D eigenvalue weighted by atomic mass is 16.6. The fourth-order valence-electron chi connectivity index (χ4n) is 2.49. The SMILES string of the molecule is CCN(CC)CCCCNC(=O)c1ccc(N(C)C)c([N+](=O)[O-])c1. The molecule has 0 aliphatic rings. The van der Waals surface area contributed by atoms with Gasteiger partial charge in [0, 0.05) is 32.3 Å². The molecule has 0 aliphatic carbocycles. The third kappa shape index (κ3) is 5.81. The average Bonchev–Trinajstić information content (AvgIpc) is 2.57. The van der Waals surface area contributed by atoms with Crippen molar-refractivity contribution < 1.29 is 9.72 Å². The van der Waals surface area contributed by atoms with E-state index in [9.17, 15) is 14.9 Å². The van der Waals surface area contributed by atoms with E-state index < -0.39 is 4.92 Å². The van der Waals surface area contributed by atoms with E-state index >= 15 is 0 Å². The number of unbranched alkanes of at least 4 members (excludes halogenated alkanes) is 1. The summed E-state index contributed by atoms with van der Waals surface area (Å²) in [5, 5.41) is 14.0. The van der Waals surface area contributed by atoms with E-state index in [4.69, 9.17) is 0 Å². The van der Waals surface area contributed by atoms with Crippen molar-refractivity contribution in [3.05, 3.63) is 33.9 Å². The number of amides is 1. The van der Waals surface area contributed by atoms with Gasteiger partial charge in [-0.3, -0.25) is 14.9 Å². The molecule has 1 aromatic carbocycles. The molecular formula is C17H28N4O3. The Labute approximate surface area is 143 Å². The molecule has 7 heteroatoms. The molecule has 0 heterocycles. The van der Waals surface area contributed by atoms with Crippen LogP contribution >= 0.6 is 0 Å². The van der Waals surface area contributed by atoms with Crippen molar-refractivity contribution in [1.82, 2.24) is 10.2 Å². The predicted octanol–water partition coefficient (Wildman–Crippen LogP) is 2.51. The Kier molecular flexibility index (Phi) is 8.18. The normalized spacial score (nSPS) is 10.7. The number of nitro benzene ring substituents is 1. The molecule has 0 aromatic heterocycles. The Morgan fingerprint density at radius 1 is 1.21 bits per heavy atom. The van der Waals surface area contributed by atoms with Crippen molar-refractivity contribution in [1.29, 1.82) is 0 Å². The zero-order valence-corrected chi connectivity index (χ0v) is 15.0. The molecule has 0 bridgehead atoms. The molecule has 0 spiro atoms.